The van der Waals surface area contributed by atoms with Gasteiger partial charge in [-0.3, -0.25) is 0 Å². The minimum absolute atomic E-state index is 0.124. The molecule has 1 atom stereocenters. The maximum absolute atomic E-state index is 11.8. The first-order valence-corrected chi connectivity index (χ1v) is 8.28. The predicted octanol–water partition coefficient (Wildman–Crippen LogP) is 2.20. The van der Waals surface area contributed by atoms with E-state index in [1.54, 1.807) is 20.8 Å². The zero-order chi connectivity index (χ0) is 14.2. The highest BCUT2D eigenvalue weighted by molar-refractivity contribution is 8.13. The van der Waals surface area contributed by atoms with E-state index in [-0.39, 0.29) is 5.75 Å². The van der Waals surface area contributed by atoms with E-state index in [9.17, 15) is 13.2 Å². The van der Waals surface area contributed by atoms with E-state index in [4.69, 9.17) is 15.4 Å². The Balaban J connectivity index is 2.63. The number of carbonyl (C=O) groups excluding carboxylic acids is 1. The molecule has 1 fully saturated rings. The first-order valence-electron chi connectivity index (χ1n) is 5.81. The molecule has 0 aromatic heterocycles. The number of halogens is 1. The van der Waals surface area contributed by atoms with Crippen molar-refractivity contribution < 1.29 is 17.9 Å². The van der Waals surface area contributed by atoms with Gasteiger partial charge in [0.1, 0.15) is 5.60 Å². The van der Waals surface area contributed by atoms with Crippen molar-refractivity contribution in [3.63, 3.8) is 0 Å². The van der Waals surface area contributed by atoms with Crippen LogP contribution in [0, 0.1) is 5.41 Å². The molecule has 1 saturated heterocycles. The summed E-state index contributed by atoms with van der Waals surface area (Å²) in [7, 11) is 1.72. The number of amides is 1. The lowest BCUT2D eigenvalue weighted by atomic mass is 9.93. The Hall–Kier alpha value is -0.490. The molecule has 0 bridgehead atoms. The lowest BCUT2D eigenvalue weighted by Gasteiger charge is -2.26. The van der Waals surface area contributed by atoms with Crippen molar-refractivity contribution in [2.75, 3.05) is 18.8 Å². The fraction of sp³-hybridized carbons (Fsp3) is 0.909. The Labute approximate surface area is 113 Å². The van der Waals surface area contributed by atoms with Crippen LogP contribution >= 0.6 is 10.7 Å². The molecule has 0 radical (unpaired) electrons. The van der Waals surface area contributed by atoms with E-state index >= 15 is 0 Å². The molecule has 0 N–H and O–H groups in total. The van der Waals surface area contributed by atoms with E-state index in [0.29, 0.717) is 19.5 Å². The number of likely N-dealkylation sites (tertiary alicyclic amines) is 1. The van der Waals surface area contributed by atoms with Crippen LogP contribution in [0.25, 0.3) is 0 Å². The molecule has 0 saturated carbocycles. The third kappa shape index (κ3) is 5.02. The second kappa shape index (κ2) is 4.89. The van der Waals surface area contributed by atoms with Crippen LogP contribution in [0.1, 0.15) is 34.1 Å². The zero-order valence-electron chi connectivity index (χ0n) is 11.2. The molecular formula is C11H20ClNO4S. The van der Waals surface area contributed by atoms with Crippen molar-refractivity contribution in [2.45, 2.75) is 39.7 Å². The number of hydrogen-bond donors (Lipinski definition) is 0. The van der Waals surface area contributed by atoms with Gasteiger partial charge in [0.25, 0.3) is 0 Å². The standard InChI is InChI=1S/C11H20ClNO4S/c1-10(2,3)17-9(14)13-6-5-11(4,7-13)8-18(12,15)16/h5-8H2,1-4H3. The SMILES string of the molecule is CC1(CS(=O)(=O)Cl)CCN(C(=O)OC(C)(C)C)C1. The first-order chi connectivity index (χ1) is 7.90. The van der Waals surface area contributed by atoms with Gasteiger partial charge in [0.2, 0.25) is 9.05 Å². The number of carbonyl (C=O) groups is 1. The van der Waals surface area contributed by atoms with Crippen molar-refractivity contribution in [3.05, 3.63) is 0 Å². The molecule has 1 rings (SSSR count). The summed E-state index contributed by atoms with van der Waals surface area (Å²) in [6.07, 6.45) is 0.205. The molecule has 7 heteroatoms. The average molecular weight is 298 g/mol. The molecule has 1 unspecified atom stereocenters. The first kappa shape index (κ1) is 15.6. The van der Waals surface area contributed by atoms with Crippen LogP contribution in [-0.2, 0) is 13.8 Å². The van der Waals surface area contributed by atoms with E-state index in [1.807, 2.05) is 6.92 Å². The zero-order valence-corrected chi connectivity index (χ0v) is 12.8. The summed E-state index contributed by atoms with van der Waals surface area (Å²) in [5.41, 5.74) is -1.04. The van der Waals surface area contributed by atoms with Crippen LogP contribution in [0.5, 0.6) is 0 Å². The largest absolute Gasteiger partial charge is 0.444 e. The Kier molecular flexibility index (Phi) is 4.23. The smallest absolute Gasteiger partial charge is 0.410 e. The number of hydrogen-bond acceptors (Lipinski definition) is 4. The van der Waals surface area contributed by atoms with E-state index in [2.05, 4.69) is 0 Å². The summed E-state index contributed by atoms with van der Waals surface area (Å²) >= 11 is 0. The molecule has 0 aromatic rings. The fourth-order valence-corrected chi connectivity index (χ4v) is 3.90. The molecule has 0 aromatic carbocycles. The highest BCUT2D eigenvalue weighted by Gasteiger charge is 2.40. The summed E-state index contributed by atoms with van der Waals surface area (Å²) < 4.78 is 27.5. The van der Waals surface area contributed by atoms with Gasteiger partial charge in [-0.15, -0.1) is 0 Å². The Bertz CT molecular complexity index is 429. The summed E-state index contributed by atoms with van der Waals surface area (Å²) in [6.45, 7) is 8.05. The summed E-state index contributed by atoms with van der Waals surface area (Å²) in [6, 6.07) is 0. The van der Waals surface area contributed by atoms with Crippen LogP contribution in [0.3, 0.4) is 0 Å². The monoisotopic (exact) mass is 297 g/mol. The normalized spacial score (nSPS) is 25.3. The van der Waals surface area contributed by atoms with Crippen LogP contribution in [-0.4, -0.2) is 43.9 Å². The van der Waals surface area contributed by atoms with Gasteiger partial charge in [0.15, 0.2) is 0 Å². The third-order valence-electron chi connectivity index (χ3n) is 2.73. The van der Waals surface area contributed by atoms with Crippen molar-refractivity contribution in [2.24, 2.45) is 5.41 Å². The van der Waals surface area contributed by atoms with Gasteiger partial charge >= 0.3 is 6.09 Å². The summed E-state index contributed by atoms with van der Waals surface area (Å²) in [4.78, 5) is 13.4. The van der Waals surface area contributed by atoms with Crippen molar-refractivity contribution >= 4 is 25.8 Å². The van der Waals surface area contributed by atoms with E-state index in [1.165, 1.54) is 4.90 Å². The molecule has 18 heavy (non-hydrogen) atoms. The molecule has 5 nitrogen and oxygen atoms in total. The van der Waals surface area contributed by atoms with Crippen LogP contribution in [0.15, 0.2) is 0 Å². The quantitative estimate of drug-likeness (QED) is 0.733. The molecule has 1 aliphatic rings. The average Bonchev–Trinajstić information content (AvgIpc) is 2.40. The molecule has 1 aliphatic heterocycles. The topological polar surface area (TPSA) is 63.7 Å². The Morgan fingerprint density at radius 2 is 2.00 bits per heavy atom. The van der Waals surface area contributed by atoms with Crippen molar-refractivity contribution in [1.29, 1.82) is 0 Å². The molecule has 1 amide bonds. The van der Waals surface area contributed by atoms with Gasteiger partial charge in [-0.2, -0.15) is 0 Å². The van der Waals surface area contributed by atoms with Crippen molar-refractivity contribution in [3.8, 4) is 0 Å². The van der Waals surface area contributed by atoms with Crippen LogP contribution < -0.4 is 0 Å². The number of nitrogens with zero attached hydrogens (tertiary/aromatic N) is 1. The maximum atomic E-state index is 11.8. The highest BCUT2D eigenvalue weighted by Crippen LogP contribution is 2.33. The highest BCUT2D eigenvalue weighted by atomic mass is 35.7. The van der Waals surface area contributed by atoms with Crippen LogP contribution in [0.2, 0.25) is 0 Å². The lowest BCUT2D eigenvalue weighted by molar-refractivity contribution is 0.0279. The maximum Gasteiger partial charge on any atom is 0.410 e. The van der Waals surface area contributed by atoms with E-state index < -0.39 is 26.2 Å². The lowest BCUT2D eigenvalue weighted by Crippen LogP contribution is -2.37. The summed E-state index contributed by atoms with van der Waals surface area (Å²) in [5.74, 6) is -0.124. The molecule has 0 aliphatic carbocycles. The Morgan fingerprint density at radius 3 is 2.44 bits per heavy atom. The minimum Gasteiger partial charge on any atom is -0.444 e. The number of ether oxygens (including phenoxy) is 1. The van der Waals surface area contributed by atoms with Gasteiger partial charge in [-0.1, -0.05) is 6.92 Å². The van der Waals surface area contributed by atoms with Gasteiger partial charge in [0, 0.05) is 29.2 Å². The van der Waals surface area contributed by atoms with Gasteiger partial charge in [-0.25, -0.2) is 13.2 Å². The minimum atomic E-state index is -3.56. The molecule has 0 spiro atoms. The summed E-state index contributed by atoms with van der Waals surface area (Å²) in [5, 5.41) is 0. The van der Waals surface area contributed by atoms with Crippen LogP contribution in [0.4, 0.5) is 4.79 Å². The molecular weight excluding hydrogens is 278 g/mol. The Morgan fingerprint density at radius 1 is 1.44 bits per heavy atom. The second-order valence-corrected chi connectivity index (χ2v) is 8.92. The van der Waals surface area contributed by atoms with Gasteiger partial charge in [-0.05, 0) is 27.2 Å². The molecule has 106 valence electrons. The second-order valence-electron chi connectivity index (χ2n) is 6.15. The third-order valence-corrected chi connectivity index (χ3v) is 4.10. The van der Waals surface area contributed by atoms with Gasteiger partial charge < -0.3 is 9.64 Å². The molecule has 1 heterocycles. The predicted molar refractivity (Wildman–Crippen MR) is 70.2 cm³/mol. The fourth-order valence-electron chi connectivity index (χ4n) is 2.04. The van der Waals surface area contributed by atoms with Crippen molar-refractivity contribution in [1.82, 2.24) is 4.90 Å². The van der Waals surface area contributed by atoms with Gasteiger partial charge in [0.05, 0.1) is 5.75 Å². The number of rotatable bonds is 2. The van der Waals surface area contributed by atoms with E-state index in [0.717, 1.165) is 0 Å².